The van der Waals surface area contributed by atoms with Gasteiger partial charge in [-0.15, -0.1) is 5.10 Å². The summed E-state index contributed by atoms with van der Waals surface area (Å²) in [6.45, 7) is 3.02. The highest BCUT2D eigenvalue weighted by Crippen LogP contribution is 2.41. The zero-order valence-corrected chi connectivity index (χ0v) is 26.7. The molecule has 4 aromatic rings. The highest BCUT2D eigenvalue weighted by atomic mass is 35.5. The number of carbonyl (C=O) groups excluding carboxylic acids is 2. The second kappa shape index (κ2) is 13.0. The summed E-state index contributed by atoms with van der Waals surface area (Å²) in [5, 5.41) is 15.7. The number of nitrogens with one attached hydrogen (secondary N) is 2. The molecule has 0 saturated heterocycles. The van der Waals surface area contributed by atoms with Crippen molar-refractivity contribution in [3.05, 3.63) is 87.9 Å². The van der Waals surface area contributed by atoms with Crippen molar-refractivity contribution in [3.63, 3.8) is 0 Å². The van der Waals surface area contributed by atoms with Gasteiger partial charge in [0.25, 0.3) is 15.9 Å². The molecule has 5 rings (SSSR count). The van der Waals surface area contributed by atoms with Gasteiger partial charge >= 0.3 is 0 Å². The molecule has 0 bridgehead atoms. The first-order valence-corrected chi connectivity index (χ1v) is 16.6. The molecule has 14 heteroatoms. The fraction of sp³-hybridized carbons (Fsp3) is 0.233. The Labute approximate surface area is 269 Å². The van der Waals surface area contributed by atoms with Crippen LogP contribution in [0.15, 0.2) is 76.8 Å². The number of nitrogens with zero attached hydrogens (tertiary/aromatic N) is 4. The molecule has 0 unspecified atom stereocenters. The third kappa shape index (κ3) is 7.60. The lowest BCUT2D eigenvalue weighted by atomic mass is 9.93. The van der Waals surface area contributed by atoms with Gasteiger partial charge in [-0.05, 0) is 91.1 Å². The summed E-state index contributed by atoms with van der Waals surface area (Å²) >= 11 is 14.0. The van der Waals surface area contributed by atoms with Crippen molar-refractivity contribution in [1.82, 2.24) is 24.9 Å². The minimum absolute atomic E-state index is 0.00518. The first-order chi connectivity index (χ1) is 20.9. The molecule has 44 heavy (non-hydrogen) atoms. The van der Waals surface area contributed by atoms with E-state index in [4.69, 9.17) is 23.2 Å². The van der Waals surface area contributed by atoms with Crippen molar-refractivity contribution >= 4 is 62.5 Å². The Morgan fingerprint density at radius 1 is 1.05 bits per heavy atom. The number of anilines is 1. The Bertz CT molecular complexity index is 1900. The maximum atomic E-state index is 12.7. The molecule has 1 saturated carbocycles. The first-order valence-electron chi connectivity index (χ1n) is 13.4. The lowest BCUT2D eigenvalue weighted by Crippen LogP contribution is -2.39. The molecular formula is C30H26Cl2N6O4S2. The molecule has 0 spiro atoms. The van der Waals surface area contributed by atoms with Crippen molar-refractivity contribution in [2.75, 3.05) is 11.1 Å². The van der Waals surface area contributed by atoms with Gasteiger partial charge in [-0.2, -0.15) is 4.68 Å². The number of rotatable bonds is 9. The SMILES string of the molecule is CC(C)(C#Cc1ccc(NC(=O)CSc2nnnn2-c2ccc(C3CC3)cc2Cl)c(Cl)c1)C(=O)NS(=O)(=O)c1ccccc1. The van der Waals surface area contributed by atoms with Crippen LogP contribution in [0.25, 0.3) is 5.69 Å². The Balaban J connectivity index is 1.19. The van der Waals surface area contributed by atoms with Gasteiger partial charge in [0.2, 0.25) is 11.1 Å². The van der Waals surface area contributed by atoms with Crippen LogP contribution in [0.4, 0.5) is 5.69 Å². The Morgan fingerprint density at radius 2 is 1.80 bits per heavy atom. The van der Waals surface area contributed by atoms with Crippen molar-refractivity contribution < 1.29 is 18.0 Å². The second-order valence-corrected chi connectivity index (χ2v) is 14.0. The van der Waals surface area contributed by atoms with Crippen LogP contribution >= 0.6 is 35.0 Å². The quantitative estimate of drug-likeness (QED) is 0.177. The smallest absolute Gasteiger partial charge is 0.264 e. The molecule has 1 aliphatic carbocycles. The molecule has 1 heterocycles. The van der Waals surface area contributed by atoms with E-state index in [1.54, 1.807) is 36.4 Å². The molecule has 1 aliphatic rings. The largest absolute Gasteiger partial charge is 0.324 e. The molecule has 0 atom stereocenters. The van der Waals surface area contributed by atoms with Gasteiger partial charge in [-0.1, -0.05) is 71.1 Å². The predicted octanol–water partition coefficient (Wildman–Crippen LogP) is 5.46. The molecule has 0 aliphatic heterocycles. The third-order valence-corrected chi connectivity index (χ3v) is 9.51. The minimum Gasteiger partial charge on any atom is -0.324 e. The summed E-state index contributed by atoms with van der Waals surface area (Å²) in [5.41, 5.74) is 1.32. The lowest BCUT2D eigenvalue weighted by Gasteiger charge is -2.17. The number of aromatic nitrogens is 4. The summed E-state index contributed by atoms with van der Waals surface area (Å²) < 4.78 is 28.6. The van der Waals surface area contributed by atoms with Crippen LogP contribution in [0.3, 0.4) is 0 Å². The molecule has 2 N–H and O–H groups in total. The van der Waals surface area contributed by atoms with Crippen molar-refractivity contribution in [3.8, 4) is 17.5 Å². The number of carbonyl (C=O) groups is 2. The van der Waals surface area contributed by atoms with Crippen LogP contribution < -0.4 is 10.0 Å². The van der Waals surface area contributed by atoms with E-state index < -0.39 is 21.3 Å². The van der Waals surface area contributed by atoms with E-state index in [2.05, 4.69) is 37.4 Å². The number of sulfonamides is 1. The maximum Gasteiger partial charge on any atom is 0.264 e. The number of thioether (sulfide) groups is 1. The third-order valence-electron chi connectivity index (χ3n) is 6.63. The highest BCUT2D eigenvalue weighted by molar-refractivity contribution is 7.99. The number of tetrazole rings is 1. The molecule has 0 radical (unpaired) electrons. The number of amides is 2. The maximum absolute atomic E-state index is 12.7. The first kappa shape index (κ1) is 31.5. The Kier molecular flexibility index (Phi) is 9.31. The van der Waals surface area contributed by atoms with Gasteiger partial charge in [0.05, 0.1) is 32.1 Å². The van der Waals surface area contributed by atoms with Crippen molar-refractivity contribution in [2.24, 2.45) is 5.41 Å². The van der Waals surface area contributed by atoms with Crippen LogP contribution in [0.2, 0.25) is 10.0 Å². The van der Waals surface area contributed by atoms with Gasteiger partial charge in [0.15, 0.2) is 0 Å². The van der Waals surface area contributed by atoms with E-state index in [9.17, 15) is 18.0 Å². The number of halogens is 2. The second-order valence-electron chi connectivity index (χ2n) is 10.5. The number of hydrogen-bond donors (Lipinski definition) is 2. The monoisotopic (exact) mass is 668 g/mol. The van der Waals surface area contributed by atoms with E-state index >= 15 is 0 Å². The molecule has 2 amide bonds. The van der Waals surface area contributed by atoms with Gasteiger partial charge < -0.3 is 5.32 Å². The Hall–Kier alpha value is -3.89. The molecular weight excluding hydrogens is 643 g/mol. The summed E-state index contributed by atoms with van der Waals surface area (Å²) in [4.78, 5) is 25.4. The fourth-order valence-electron chi connectivity index (χ4n) is 3.99. The summed E-state index contributed by atoms with van der Waals surface area (Å²) in [5.74, 6) is 5.11. The highest BCUT2D eigenvalue weighted by Gasteiger charge is 2.30. The van der Waals surface area contributed by atoms with Gasteiger partial charge in [0.1, 0.15) is 5.41 Å². The average Bonchev–Trinajstić information content (AvgIpc) is 3.74. The number of hydrogen-bond acceptors (Lipinski definition) is 8. The molecule has 226 valence electrons. The van der Waals surface area contributed by atoms with Crippen LogP contribution in [0.1, 0.15) is 43.7 Å². The van der Waals surface area contributed by atoms with Crippen LogP contribution in [0, 0.1) is 17.3 Å². The normalized spacial score (nSPS) is 13.1. The van der Waals surface area contributed by atoms with Gasteiger partial charge in [-0.3, -0.25) is 9.59 Å². The predicted molar refractivity (Wildman–Crippen MR) is 169 cm³/mol. The van der Waals surface area contributed by atoms with Crippen molar-refractivity contribution in [2.45, 2.75) is 42.7 Å². The van der Waals surface area contributed by atoms with E-state index in [0.717, 1.165) is 24.6 Å². The van der Waals surface area contributed by atoms with Crippen LogP contribution in [-0.2, 0) is 19.6 Å². The van der Waals surface area contributed by atoms with Crippen molar-refractivity contribution in [1.29, 1.82) is 0 Å². The standard InChI is InChI=1S/C30H26Cl2N6O4S2/c1-30(2,28(40)35-44(41,42)22-6-4-3-5-7-22)15-14-19-8-12-25(23(31)16-19)33-27(39)18-43-29-34-36-37-38(29)26-13-11-21(17-24(26)32)20-9-10-20/h3-8,11-13,16-17,20H,9-10,18H2,1-2H3,(H,33,39)(H,35,40). The molecule has 3 aromatic carbocycles. The van der Waals surface area contributed by atoms with Crippen LogP contribution in [0.5, 0.6) is 0 Å². The van der Waals surface area contributed by atoms with E-state index in [1.807, 2.05) is 18.2 Å². The lowest BCUT2D eigenvalue weighted by molar-refractivity contribution is -0.124. The van der Waals surface area contributed by atoms with E-state index in [0.29, 0.717) is 33.0 Å². The van der Waals surface area contributed by atoms with E-state index in [-0.39, 0.29) is 21.6 Å². The van der Waals surface area contributed by atoms with Crippen LogP contribution in [-0.4, -0.2) is 46.2 Å². The van der Waals surface area contributed by atoms with Gasteiger partial charge in [0, 0.05) is 5.56 Å². The number of benzene rings is 3. The summed E-state index contributed by atoms with van der Waals surface area (Å²) in [7, 11) is -4.04. The summed E-state index contributed by atoms with van der Waals surface area (Å²) in [6, 6.07) is 18.2. The Morgan fingerprint density at radius 3 is 2.48 bits per heavy atom. The molecule has 1 fully saturated rings. The summed E-state index contributed by atoms with van der Waals surface area (Å²) in [6.07, 6.45) is 2.33. The zero-order chi connectivity index (χ0) is 31.5. The van der Waals surface area contributed by atoms with Gasteiger partial charge in [-0.25, -0.2) is 13.1 Å². The molecule has 1 aromatic heterocycles. The topological polar surface area (TPSA) is 136 Å². The average molecular weight is 670 g/mol. The zero-order valence-electron chi connectivity index (χ0n) is 23.5. The molecule has 10 nitrogen and oxygen atoms in total. The minimum atomic E-state index is -4.04. The fourth-order valence-corrected chi connectivity index (χ4v) is 6.30. The van der Waals surface area contributed by atoms with E-state index in [1.165, 1.54) is 36.2 Å².